The van der Waals surface area contributed by atoms with Crippen molar-refractivity contribution in [2.24, 2.45) is 0 Å². The van der Waals surface area contributed by atoms with Gasteiger partial charge in [0.25, 0.3) is 5.85 Å². The van der Waals surface area contributed by atoms with Crippen LogP contribution in [0.1, 0.15) is 0 Å². The third-order valence-corrected chi connectivity index (χ3v) is 1.69. The molecule has 10 heavy (non-hydrogen) atoms. The van der Waals surface area contributed by atoms with E-state index in [0.717, 1.165) is 6.08 Å². The van der Waals surface area contributed by atoms with Crippen LogP contribution in [-0.4, -0.2) is 22.2 Å². The summed E-state index contributed by atoms with van der Waals surface area (Å²) in [7, 11) is 0. The average molecular weight is 209 g/mol. The van der Waals surface area contributed by atoms with E-state index in [1.807, 2.05) is 0 Å². The van der Waals surface area contributed by atoms with Crippen LogP contribution in [0.2, 0.25) is 0 Å². The van der Waals surface area contributed by atoms with Gasteiger partial charge in [0.15, 0.2) is 0 Å². The Labute approximate surface area is 65.8 Å². The maximum Gasteiger partial charge on any atom is 0.257 e. The second-order valence-electron chi connectivity index (χ2n) is 2.06. The number of halogens is 2. The van der Waals surface area contributed by atoms with Crippen molar-refractivity contribution in [1.29, 1.82) is 0 Å². The summed E-state index contributed by atoms with van der Waals surface area (Å²) in [6.07, 6.45) is 2.08. The van der Waals surface area contributed by atoms with E-state index in [2.05, 4.69) is 15.9 Å². The molecule has 0 saturated heterocycles. The van der Waals surface area contributed by atoms with Gasteiger partial charge in [-0.3, -0.25) is 0 Å². The molecule has 0 aliphatic heterocycles. The van der Waals surface area contributed by atoms with Crippen molar-refractivity contribution in [3.05, 3.63) is 22.7 Å². The highest BCUT2D eigenvalue weighted by Gasteiger charge is 2.33. The van der Waals surface area contributed by atoms with Crippen molar-refractivity contribution < 1.29 is 14.6 Å². The lowest BCUT2D eigenvalue weighted by molar-refractivity contribution is -0.114. The number of rotatable bonds is 0. The molecule has 0 aromatic carbocycles. The Kier molecular flexibility index (Phi) is 1.94. The summed E-state index contributed by atoms with van der Waals surface area (Å²) in [4.78, 5) is 0. The highest BCUT2D eigenvalue weighted by atomic mass is 79.9. The van der Waals surface area contributed by atoms with Crippen LogP contribution < -0.4 is 0 Å². The van der Waals surface area contributed by atoms with Crippen LogP contribution in [0.25, 0.3) is 0 Å². The predicted octanol–water partition coefficient (Wildman–Crippen LogP) is 0.854. The topological polar surface area (TPSA) is 40.5 Å². The van der Waals surface area contributed by atoms with Gasteiger partial charge in [-0.15, -0.1) is 0 Å². The van der Waals surface area contributed by atoms with Gasteiger partial charge in [0.05, 0.1) is 0 Å². The standard InChI is InChI=1S/C6H6BrFO2/c7-4-1-2-5(9)6(8,10)3-4/h1-3,5,9-10H. The number of alkyl halides is 1. The number of allylic oxidation sites excluding steroid dienone is 2. The SMILES string of the molecule is OC1C=CC(Br)=CC1(O)F. The van der Waals surface area contributed by atoms with Crippen LogP contribution in [0, 0.1) is 0 Å². The molecule has 0 saturated carbocycles. The van der Waals surface area contributed by atoms with Gasteiger partial charge in [0.1, 0.15) is 6.10 Å². The average Bonchev–Trinajstić information content (AvgIpc) is 1.78. The quantitative estimate of drug-likeness (QED) is 0.620. The van der Waals surface area contributed by atoms with Gasteiger partial charge in [-0.2, -0.15) is 0 Å². The summed E-state index contributed by atoms with van der Waals surface area (Å²) in [6, 6.07) is 0. The molecule has 4 heteroatoms. The molecular formula is C6H6BrFO2. The van der Waals surface area contributed by atoms with E-state index in [9.17, 15) is 4.39 Å². The minimum absolute atomic E-state index is 0.419. The second-order valence-corrected chi connectivity index (χ2v) is 2.98. The molecule has 0 radical (unpaired) electrons. The van der Waals surface area contributed by atoms with Crippen molar-refractivity contribution in [2.45, 2.75) is 12.0 Å². The number of hydrogen-bond acceptors (Lipinski definition) is 2. The fraction of sp³-hybridized carbons (Fsp3) is 0.333. The van der Waals surface area contributed by atoms with Gasteiger partial charge in [-0.25, -0.2) is 4.39 Å². The second kappa shape index (κ2) is 2.45. The van der Waals surface area contributed by atoms with E-state index in [1.165, 1.54) is 12.2 Å². The molecule has 0 bridgehead atoms. The zero-order valence-corrected chi connectivity index (χ0v) is 6.55. The summed E-state index contributed by atoms with van der Waals surface area (Å²) in [5.41, 5.74) is 0. The Balaban J connectivity index is 2.88. The number of hydrogen-bond donors (Lipinski definition) is 2. The molecule has 2 N–H and O–H groups in total. The van der Waals surface area contributed by atoms with E-state index in [-0.39, 0.29) is 0 Å². The molecule has 1 aliphatic carbocycles. The van der Waals surface area contributed by atoms with Crippen LogP contribution >= 0.6 is 15.9 Å². The van der Waals surface area contributed by atoms with Gasteiger partial charge in [0, 0.05) is 4.48 Å². The fourth-order valence-electron chi connectivity index (χ4n) is 0.645. The normalized spacial score (nSPS) is 39.6. The van der Waals surface area contributed by atoms with Crippen LogP contribution in [0.15, 0.2) is 22.7 Å². The summed E-state index contributed by atoms with van der Waals surface area (Å²) < 4.78 is 13.1. The first-order chi connectivity index (χ1) is 4.52. The van der Waals surface area contributed by atoms with E-state index < -0.39 is 12.0 Å². The Morgan fingerprint density at radius 1 is 1.70 bits per heavy atom. The van der Waals surface area contributed by atoms with E-state index in [1.54, 1.807) is 0 Å². The molecule has 0 fully saturated rings. The largest absolute Gasteiger partial charge is 0.383 e. The van der Waals surface area contributed by atoms with Crippen molar-refractivity contribution in [3.63, 3.8) is 0 Å². The maximum atomic E-state index is 12.7. The Hall–Kier alpha value is -0.190. The van der Waals surface area contributed by atoms with Crippen LogP contribution in [0.3, 0.4) is 0 Å². The lowest BCUT2D eigenvalue weighted by Crippen LogP contribution is -2.35. The third-order valence-electron chi connectivity index (χ3n) is 1.19. The molecular weight excluding hydrogens is 203 g/mol. The zero-order valence-electron chi connectivity index (χ0n) is 4.96. The van der Waals surface area contributed by atoms with Crippen molar-refractivity contribution in [1.82, 2.24) is 0 Å². The van der Waals surface area contributed by atoms with E-state index in [4.69, 9.17) is 10.2 Å². The Morgan fingerprint density at radius 3 is 2.70 bits per heavy atom. The van der Waals surface area contributed by atoms with Gasteiger partial charge in [-0.1, -0.05) is 15.9 Å². The molecule has 0 amide bonds. The highest BCUT2D eigenvalue weighted by Crippen LogP contribution is 2.25. The predicted molar refractivity (Wildman–Crippen MR) is 38.2 cm³/mol. The molecule has 0 aromatic heterocycles. The van der Waals surface area contributed by atoms with Crippen molar-refractivity contribution in [3.8, 4) is 0 Å². The first kappa shape index (κ1) is 7.91. The van der Waals surface area contributed by atoms with Gasteiger partial charge in [0.2, 0.25) is 0 Å². The van der Waals surface area contributed by atoms with Crippen LogP contribution in [-0.2, 0) is 0 Å². The minimum atomic E-state index is -2.63. The zero-order chi connectivity index (χ0) is 7.78. The smallest absolute Gasteiger partial charge is 0.257 e. The van der Waals surface area contributed by atoms with E-state index >= 15 is 0 Å². The lowest BCUT2D eigenvalue weighted by atomic mass is 10.1. The van der Waals surface area contributed by atoms with Crippen LogP contribution in [0.4, 0.5) is 4.39 Å². The molecule has 0 aromatic rings. The first-order valence-corrected chi connectivity index (χ1v) is 3.47. The summed E-state index contributed by atoms with van der Waals surface area (Å²) in [6.45, 7) is 0. The first-order valence-electron chi connectivity index (χ1n) is 2.68. The van der Waals surface area contributed by atoms with Gasteiger partial charge < -0.3 is 10.2 Å². The molecule has 0 heterocycles. The Morgan fingerprint density at radius 2 is 2.30 bits per heavy atom. The molecule has 56 valence electrons. The molecule has 2 atom stereocenters. The molecule has 2 nitrogen and oxygen atoms in total. The highest BCUT2D eigenvalue weighted by molar-refractivity contribution is 9.11. The summed E-state index contributed by atoms with van der Waals surface area (Å²) in [5, 5.41) is 17.5. The number of aliphatic hydroxyl groups is 2. The molecule has 0 spiro atoms. The van der Waals surface area contributed by atoms with E-state index in [0.29, 0.717) is 4.48 Å². The third kappa shape index (κ3) is 1.45. The lowest BCUT2D eigenvalue weighted by Gasteiger charge is -2.21. The number of aliphatic hydroxyl groups excluding tert-OH is 1. The summed E-state index contributed by atoms with van der Waals surface area (Å²) in [5.74, 6) is -2.63. The molecule has 2 unspecified atom stereocenters. The van der Waals surface area contributed by atoms with Crippen LogP contribution in [0.5, 0.6) is 0 Å². The van der Waals surface area contributed by atoms with Gasteiger partial charge in [-0.05, 0) is 18.2 Å². The monoisotopic (exact) mass is 208 g/mol. The Bertz CT molecular complexity index is 198. The molecule has 1 rings (SSSR count). The maximum absolute atomic E-state index is 12.7. The van der Waals surface area contributed by atoms with Gasteiger partial charge >= 0.3 is 0 Å². The van der Waals surface area contributed by atoms with Crippen molar-refractivity contribution >= 4 is 15.9 Å². The molecule has 1 aliphatic rings. The minimum Gasteiger partial charge on any atom is -0.383 e. The fourth-order valence-corrected chi connectivity index (χ4v) is 1.12. The summed E-state index contributed by atoms with van der Waals surface area (Å²) >= 11 is 2.95. The van der Waals surface area contributed by atoms with Crippen molar-refractivity contribution in [2.75, 3.05) is 0 Å².